The predicted molar refractivity (Wildman–Crippen MR) is 123 cm³/mol. The molecule has 3 N–H and O–H groups in total. The molecule has 0 saturated heterocycles. The maximum Gasteiger partial charge on any atom is 0.254 e. The first-order chi connectivity index (χ1) is 15.8. The predicted octanol–water partition coefficient (Wildman–Crippen LogP) is 3.10. The Morgan fingerprint density at radius 1 is 0.879 bits per heavy atom. The van der Waals surface area contributed by atoms with Crippen molar-refractivity contribution in [1.82, 2.24) is 15.4 Å². The van der Waals surface area contributed by atoms with Gasteiger partial charge in [-0.3, -0.25) is 9.59 Å². The van der Waals surface area contributed by atoms with Gasteiger partial charge in [0.05, 0.1) is 17.0 Å². The Labute approximate surface area is 193 Å². The number of carbonyl (C=O) groups excluding carboxylic acids is 2. The van der Waals surface area contributed by atoms with Crippen molar-refractivity contribution in [3.63, 3.8) is 0 Å². The number of hydrogen-bond donors (Lipinski definition) is 3. The lowest BCUT2D eigenvalue weighted by atomic mass is 10.0. The number of halogens is 2. The van der Waals surface area contributed by atoms with Gasteiger partial charge in [0.1, 0.15) is 22.6 Å². The molecule has 1 atom stereocenters. The quantitative estimate of drug-likeness (QED) is 0.419. The van der Waals surface area contributed by atoms with Gasteiger partial charge in [0.25, 0.3) is 5.91 Å². The summed E-state index contributed by atoms with van der Waals surface area (Å²) >= 11 is 0. The van der Waals surface area contributed by atoms with E-state index in [-0.39, 0.29) is 30.8 Å². The molecule has 0 bridgehead atoms. The van der Waals surface area contributed by atoms with Crippen LogP contribution in [-0.4, -0.2) is 35.7 Å². The van der Waals surface area contributed by atoms with Crippen LogP contribution in [-0.2, 0) is 15.8 Å². The Hall–Kier alpha value is -3.43. The second-order valence-electron chi connectivity index (χ2n) is 7.18. The molecule has 33 heavy (non-hydrogen) atoms. The zero-order chi connectivity index (χ0) is 23.8. The largest absolute Gasteiger partial charge is 0.353 e. The van der Waals surface area contributed by atoms with Crippen molar-refractivity contribution in [3.8, 4) is 11.1 Å². The third-order valence-electron chi connectivity index (χ3n) is 4.73. The van der Waals surface area contributed by atoms with Gasteiger partial charge in [-0.15, -0.1) is 0 Å². The smallest absolute Gasteiger partial charge is 0.254 e. The molecule has 6 nitrogen and oxygen atoms in total. The van der Waals surface area contributed by atoms with Gasteiger partial charge in [-0.2, -0.15) is 0 Å². The van der Waals surface area contributed by atoms with E-state index >= 15 is 0 Å². The minimum atomic E-state index is -1.52. The van der Waals surface area contributed by atoms with E-state index in [4.69, 9.17) is 0 Å². The van der Waals surface area contributed by atoms with Crippen LogP contribution in [0.25, 0.3) is 11.1 Å². The van der Waals surface area contributed by atoms with E-state index in [0.29, 0.717) is 10.5 Å². The molecule has 0 saturated carbocycles. The van der Waals surface area contributed by atoms with Gasteiger partial charge < -0.3 is 10.6 Å². The second kappa shape index (κ2) is 11.4. The van der Waals surface area contributed by atoms with Crippen molar-refractivity contribution >= 4 is 22.8 Å². The monoisotopic (exact) mass is 471 g/mol. The Morgan fingerprint density at radius 3 is 2.30 bits per heavy atom. The van der Waals surface area contributed by atoms with Crippen LogP contribution in [0.15, 0.2) is 71.6 Å². The summed E-state index contributed by atoms with van der Waals surface area (Å²) in [5.41, 5.74) is 1.45. The summed E-state index contributed by atoms with van der Waals surface area (Å²) in [6.45, 7) is 1.89. The molecule has 2 amide bonds. The first kappa shape index (κ1) is 24.2. The number of rotatable bonds is 9. The molecule has 0 fully saturated rings. The van der Waals surface area contributed by atoms with Crippen LogP contribution in [0.3, 0.4) is 0 Å². The van der Waals surface area contributed by atoms with Crippen molar-refractivity contribution in [3.05, 3.63) is 89.5 Å². The fraction of sp³-hybridized carbons (Fsp3) is 0.167. The minimum Gasteiger partial charge on any atom is -0.353 e. The Morgan fingerprint density at radius 2 is 1.58 bits per heavy atom. The Bertz CT molecular complexity index is 1170. The number of carbonyl (C=O) groups is 2. The molecular formula is C24H23F2N3O3S. The van der Waals surface area contributed by atoms with Crippen LogP contribution in [0.2, 0.25) is 0 Å². The standard InChI is InChI=1S/C24H23F2N3O3S/c1-16-6-9-18(10-7-16)33(32)29-15-23(30)27-12-13-28-24(31)20-14-17(8-11-22(20)26)19-4-2-3-5-21(19)25/h2-11,14,29H,12-13,15H2,1H3,(H,27,30)(H,28,31). The zero-order valence-electron chi connectivity index (χ0n) is 17.9. The molecule has 0 aromatic heterocycles. The number of aryl methyl sites for hydroxylation is 1. The van der Waals surface area contributed by atoms with E-state index < -0.39 is 34.4 Å². The van der Waals surface area contributed by atoms with Crippen molar-refractivity contribution in [2.45, 2.75) is 11.8 Å². The summed E-state index contributed by atoms with van der Waals surface area (Å²) < 4.78 is 42.9. The Balaban J connectivity index is 1.46. The molecule has 9 heteroatoms. The van der Waals surface area contributed by atoms with Crippen LogP contribution in [0, 0.1) is 18.6 Å². The molecular weight excluding hydrogens is 448 g/mol. The fourth-order valence-corrected chi connectivity index (χ4v) is 3.79. The molecule has 0 heterocycles. The van der Waals surface area contributed by atoms with E-state index in [1.807, 2.05) is 19.1 Å². The van der Waals surface area contributed by atoms with E-state index in [2.05, 4.69) is 15.4 Å². The number of benzene rings is 3. The number of amides is 2. The van der Waals surface area contributed by atoms with E-state index in [1.54, 1.807) is 30.3 Å². The topological polar surface area (TPSA) is 87.3 Å². The third kappa shape index (κ3) is 6.77. The van der Waals surface area contributed by atoms with Crippen LogP contribution in [0.1, 0.15) is 15.9 Å². The van der Waals surface area contributed by atoms with E-state index in [9.17, 15) is 22.6 Å². The molecule has 3 rings (SSSR count). The fourth-order valence-electron chi connectivity index (χ4n) is 2.97. The van der Waals surface area contributed by atoms with Crippen molar-refractivity contribution in [2.75, 3.05) is 19.6 Å². The van der Waals surface area contributed by atoms with E-state index in [1.165, 1.54) is 18.2 Å². The minimum absolute atomic E-state index is 0.0506. The second-order valence-corrected chi connectivity index (χ2v) is 8.48. The average molecular weight is 472 g/mol. The first-order valence-electron chi connectivity index (χ1n) is 10.2. The highest BCUT2D eigenvalue weighted by Gasteiger charge is 2.14. The number of nitrogens with one attached hydrogen (secondary N) is 3. The lowest BCUT2D eigenvalue weighted by Gasteiger charge is -2.10. The van der Waals surface area contributed by atoms with Crippen LogP contribution >= 0.6 is 0 Å². The molecule has 3 aromatic rings. The first-order valence-corrected chi connectivity index (χ1v) is 11.3. The summed E-state index contributed by atoms with van der Waals surface area (Å²) in [4.78, 5) is 24.8. The van der Waals surface area contributed by atoms with Crippen LogP contribution in [0.5, 0.6) is 0 Å². The van der Waals surface area contributed by atoms with Crippen molar-refractivity contribution in [1.29, 1.82) is 0 Å². The SMILES string of the molecule is Cc1ccc(S(=O)NCC(=O)NCCNC(=O)c2cc(-c3ccccc3F)ccc2F)cc1. The molecule has 172 valence electrons. The normalized spacial score (nSPS) is 11.6. The van der Waals surface area contributed by atoms with Crippen LogP contribution in [0.4, 0.5) is 8.78 Å². The Kier molecular flexibility index (Phi) is 8.39. The lowest BCUT2D eigenvalue weighted by Crippen LogP contribution is -2.39. The molecule has 0 aliphatic rings. The molecule has 0 aliphatic heterocycles. The highest BCUT2D eigenvalue weighted by molar-refractivity contribution is 7.83. The van der Waals surface area contributed by atoms with Gasteiger partial charge in [-0.1, -0.05) is 42.0 Å². The third-order valence-corrected chi connectivity index (χ3v) is 5.83. The zero-order valence-corrected chi connectivity index (χ0v) is 18.7. The summed E-state index contributed by atoms with van der Waals surface area (Å²) in [6, 6.07) is 16.9. The van der Waals surface area contributed by atoms with Gasteiger partial charge in [-0.05, 0) is 42.8 Å². The summed E-state index contributed by atoms with van der Waals surface area (Å²) in [5.74, 6) is -2.30. The molecule has 0 radical (unpaired) electrons. The van der Waals surface area contributed by atoms with Gasteiger partial charge in [0, 0.05) is 18.7 Å². The van der Waals surface area contributed by atoms with Crippen LogP contribution < -0.4 is 15.4 Å². The average Bonchev–Trinajstić information content (AvgIpc) is 2.81. The van der Waals surface area contributed by atoms with Gasteiger partial charge in [0.15, 0.2) is 0 Å². The molecule has 0 aliphatic carbocycles. The summed E-state index contributed by atoms with van der Waals surface area (Å²) in [6.07, 6.45) is 0. The molecule has 1 unspecified atom stereocenters. The van der Waals surface area contributed by atoms with Crippen molar-refractivity contribution < 1.29 is 22.6 Å². The summed E-state index contributed by atoms with van der Waals surface area (Å²) in [5, 5.41) is 5.09. The van der Waals surface area contributed by atoms with Gasteiger partial charge in [-0.25, -0.2) is 17.7 Å². The summed E-state index contributed by atoms with van der Waals surface area (Å²) in [7, 11) is -1.52. The lowest BCUT2D eigenvalue weighted by molar-refractivity contribution is -0.119. The molecule has 3 aromatic carbocycles. The highest BCUT2D eigenvalue weighted by atomic mass is 32.2. The maximum absolute atomic E-state index is 14.2. The highest BCUT2D eigenvalue weighted by Crippen LogP contribution is 2.24. The number of hydrogen-bond acceptors (Lipinski definition) is 3. The molecule has 0 spiro atoms. The van der Waals surface area contributed by atoms with E-state index in [0.717, 1.165) is 11.6 Å². The van der Waals surface area contributed by atoms with Gasteiger partial charge in [0.2, 0.25) is 5.91 Å². The maximum atomic E-state index is 14.2. The van der Waals surface area contributed by atoms with Crippen molar-refractivity contribution in [2.24, 2.45) is 0 Å². The van der Waals surface area contributed by atoms with Gasteiger partial charge >= 0.3 is 0 Å².